The fraction of sp³-hybridized carbons (Fsp3) is 0.438. The summed E-state index contributed by atoms with van der Waals surface area (Å²) in [5, 5.41) is 8.70. The third-order valence-electron chi connectivity index (χ3n) is 3.31. The molecule has 1 aromatic carbocycles. The lowest BCUT2D eigenvalue weighted by atomic mass is 10.0. The quantitative estimate of drug-likeness (QED) is 0.877. The zero-order valence-corrected chi connectivity index (χ0v) is 13.2. The summed E-state index contributed by atoms with van der Waals surface area (Å²) in [6.07, 6.45) is 4.19. The molecule has 1 N–H and O–H groups in total. The number of aromatic nitrogens is 2. The van der Waals surface area contributed by atoms with Gasteiger partial charge >= 0.3 is 0 Å². The number of halogens is 1. The SMILES string of the molecule is CCCc1nn(C)cc1-c1ccc(Cl)c(CNCC)c1. The summed E-state index contributed by atoms with van der Waals surface area (Å²) in [6.45, 7) is 6.01. The minimum atomic E-state index is 0.798. The van der Waals surface area contributed by atoms with Gasteiger partial charge in [0, 0.05) is 30.4 Å². The van der Waals surface area contributed by atoms with Crippen molar-refractivity contribution in [2.75, 3.05) is 6.54 Å². The van der Waals surface area contributed by atoms with Crippen LogP contribution in [0.4, 0.5) is 0 Å². The summed E-state index contributed by atoms with van der Waals surface area (Å²) >= 11 is 6.26. The number of rotatable bonds is 6. The molecule has 108 valence electrons. The summed E-state index contributed by atoms with van der Waals surface area (Å²) in [5.41, 5.74) is 4.70. The standard InChI is InChI=1S/C16H22ClN3/c1-4-6-16-14(11-20(3)19-16)12-7-8-15(17)13(9-12)10-18-5-2/h7-9,11,18H,4-6,10H2,1-3H3. The molecule has 0 saturated heterocycles. The fourth-order valence-corrected chi connectivity index (χ4v) is 2.52. The van der Waals surface area contributed by atoms with Crippen LogP contribution in [0.25, 0.3) is 11.1 Å². The molecule has 1 aromatic heterocycles. The molecule has 3 nitrogen and oxygen atoms in total. The van der Waals surface area contributed by atoms with Crippen molar-refractivity contribution in [3.05, 3.63) is 40.7 Å². The highest BCUT2D eigenvalue weighted by atomic mass is 35.5. The molecule has 0 fully saturated rings. The molecule has 4 heteroatoms. The molecule has 0 unspecified atom stereocenters. The van der Waals surface area contributed by atoms with Gasteiger partial charge in [-0.2, -0.15) is 5.10 Å². The average molecular weight is 292 g/mol. The third-order valence-corrected chi connectivity index (χ3v) is 3.68. The predicted octanol–water partition coefficient (Wildman–Crippen LogP) is 3.80. The lowest BCUT2D eigenvalue weighted by Crippen LogP contribution is -2.12. The largest absolute Gasteiger partial charge is 0.313 e. The molecule has 0 bridgehead atoms. The van der Waals surface area contributed by atoms with Gasteiger partial charge in [0.2, 0.25) is 0 Å². The van der Waals surface area contributed by atoms with E-state index in [9.17, 15) is 0 Å². The first-order valence-corrected chi connectivity index (χ1v) is 7.55. The molecule has 0 atom stereocenters. The number of nitrogens with zero attached hydrogens (tertiary/aromatic N) is 2. The lowest BCUT2D eigenvalue weighted by molar-refractivity contribution is 0.727. The van der Waals surface area contributed by atoms with Gasteiger partial charge in [0.25, 0.3) is 0 Å². The normalized spacial score (nSPS) is 11.0. The van der Waals surface area contributed by atoms with Crippen molar-refractivity contribution in [3.63, 3.8) is 0 Å². The zero-order chi connectivity index (χ0) is 14.5. The van der Waals surface area contributed by atoms with Crippen LogP contribution in [0.3, 0.4) is 0 Å². The van der Waals surface area contributed by atoms with E-state index in [1.165, 1.54) is 11.1 Å². The summed E-state index contributed by atoms with van der Waals surface area (Å²) in [5.74, 6) is 0. The maximum Gasteiger partial charge on any atom is 0.0702 e. The van der Waals surface area contributed by atoms with Gasteiger partial charge in [-0.15, -0.1) is 0 Å². The van der Waals surface area contributed by atoms with Crippen LogP contribution in [0.15, 0.2) is 24.4 Å². The predicted molar refractivity (Wildman–Crippen MR) is 85.0 cm³/mol. The van der Waals surface area contributed by atoms with Crippen molar-refractivity contribution in [1.29, 1.82) is 0 Å². The van der Waals surface area contributed by atoms with Gasteiger partial charge in [0.15, 0.2) is 0 Å². The molecule has 2 rings (SSSR count). The molecule has 0 aliphatic carbocycles. The Hall–Kier alpha value is -1.32. The van der Waals surface area contributed by atoms with Crippen molar-refractivity contribution in [1.82, 2.24) is 15.1 Å². The minimum Gasteiger partial charge on any atom is -0.313 e. The first-order chi connectivity index (χ1) is 9.65. The number of hydrogen-bond acceptors (Lipinski definition) is 2. The number of hydrogen-bond donors (Lipinski definition) is 1. The lowest BCUT2D eigenvalue weighted by Gasteiger charge is -2.08. The van der Waals surface area contributed by atoms with E-state index >= 15 is 0 Å². The molecular weight excluding hydrogens is 270 g/mol. The van der Waals surface area contributed by atoms with Crippen LogP contribution in [0.2, 0.25) is 5.02 Å². The number of aryl methyl sites for hydroxylation is 2. The van der Waals surface area contributed by atoms with Gasteiger partial charge in [-0.3, -0.25) is 4.68 Å². The molecule has 0 saturated carbocycles. The highest BCUT2D eigenvalue weighted by Gasteiger charge is 2.11. The van der Waals surface area contributed by atoms with Crippen molar-refractivity contribution in [2.45, 2.75) is 33.2 Å². The Kier molecular flexibility index (Phi) is 5.21. The molecule has 0 aliphatic heterocycles. The monoisotopic (exact) mass is 291 g/mol. The summed E-state index contributed by atoms with van der Waals surface area (Å²) in [7, 11) is 1.97. The minimum absolute atomic E-state index is 0.798. The van der Waals surface area contributed by atoms with E-state index in [0.29, 0.717) is 0 Å². The Morgan fingerprint density at radius 2 is 2.10 bits per heavy atom. The molecule has 1 heterocycles. The summed E-state index contributed by atoms with van der Waals surface area (Å²) in [6, 6.07) is 6.22. The molecule has 0 radical (unpaired) electrons. The Morgan fingerprint density at radius 3 is 2.80 bits per heavy atom. The van der Waals surface area contributed by atoms with Crippen LogP contribution in [-0.2, 0) is 20.0 Å². The number of benzene rings is 1. The zero-order valence-electron chi connectivity index (χ0n) is 12.4. The van der Waals surface area contributed by atoms with E-state index in [1.807, 2.05) is 17.8 Å². The molecule has 0 amide bonds. The van der Waals surface area contributed by atoms with Crippen molar-refractivity contribution in [3.8, 4) is 11.1 Å². The van der Waals surface area contributed by atoms with E-state index in [4.69, 9.17) is 11.6 Å². The topological polar surface area (TPSA) is 29.9 Å². The van der Waals surface area contributed by atoms with E-state index in [-0.39, 0.29) is 0 Å². The van der Waals surface area contributed by atoms with Crippen molar-refractivity contribution >= 4 is 11.6 Å². The smallest absolute Gasteiger partial charge is 0.0702 e. The summed E-state index contributed by atoms with van der Waals surface area (Å²) in [4.78, 5) is 0. The van der Waals surface area contributed by atoms with Gasteiger partial charge in [-0.05, 0) is 36.2 Å². The van der Waals surface area contributed by atoms with Gasteiger partial charge in [-0.25, -0.2) is 0 Å². The molecule has 0 aliphatic rings. The fourth-order valence-electron chi connectivity index (χ4n) is 2.33. The Balaban J connectivity index is 2.37. The van der Waals surface area contributed by atoms with Crippen molar-refractivity contribution in [2.24, 2.45) is 7.05 Å². The maximum absolute atomic E-state index is 6.26. The van der Waals surface area contributed by atoms with E-state index in [0.717, 1.165) is 42.2 Å². The van der Waals surface area contributed by atoms with Gasteiger partial charge in [0.05, 0.1) is 5.69 Å². The second kappa shape index (κ2) is 6.91. The third kappa shape index (κ3) is 3.41. The van der Waals surface area contributed by atoms with E-state index < -0.39 is 0 Å². The number of nitrogens with one attached hydrogen (secondary N) is 1. The average Bonchev–Trinajstić information content (AvgIpc) is 2.79. The highest BCUT2D eigenvalue weighted by molar-refractivity contribution is 6.31. The molecule has 20 heavy (non-hydrogen) atoms. The van der Waals surface area contributed by atoms with Crippen LogP contribution < -0.4 is 5.32 Å². The first-order valence-electron chi connectivity index (χ1n) is 7.17. The summed E-state index contributed by atoms with van der Waals surface area (Å²) < 4.78 is 1.89. The van der Waals surface area contributed by atoms with Crippen molar-refractivity contribution < 1.29 is 0 Å². The Morgan fingerprint density at radius 1 is 1.30 bits per heavy atom. The van der Waals surface area contributed by atoms with Gasteiger partial charge in [-0.1, -0.05) is 37.9 Å². The molecule has 0 spiro atoms. The van der Waals surface area contributed by atoms with Crippen LogP contribution >= 0.6 is 11.6 Å². The van der Waals surface area contributed by atoms with Crippen LogP contribution in [0.5, 0.6) is 0 Å². The van der Waals surface area contributed by atoms with Gasteiger partial charge in [0.1, 0.15) is 0 Å². The molecule has 2 aromatic rings. The van der Waals surface area contributed by atoms with Crippen LogP contribution in [0.1, 0.15) is 31.5 Å². The van der Waals surface area contributed by atoms with E-state index in [1.54, 1.807) is 0 Å². The maximum atomic E-state index is 6.26. The Bertz CT molecular complexity index is 575. The van der Waals surface area contributed by atoms with Crippen LogP contribution in [-0.4, -0.2) is 16.3 Å². The highest BCUT2D eigenvalue weighted by Crippen LogP contribution is 2.28. The second-order valence-corrected chi connectivity index (χ2v) is 5.41. The second-order valence-electron chi connectivity index (χ2n) is 5.00. The Labute approximate surface area is 126 Å². The van der Waals surface area contributed by atoms with Crippen LogP contribution in [0, 0.1) is 0 Å². The van der Waals surface area contributed by atoms with E-state index in [2.05, 4.69) is 42.6 Å². The molecular formula is C16H22ClN3. The van der Waals surface area contributed by atoms with Gasteiger partial charge < -0.3 is 5.32 Å². The first kappa shape index (κ1) is 15.1.